The molecule has 0 fully saturated rings. The number of ether oxygens (including phenoxy) is 2. The molecule has 0 saturated heterocycles. The third-order valence-electron chi connectivity index (χ3n) is 4.04. The van der Waals surface area contributed by atoms with Gasteiger partial charge in [0.15, 0.2) is 0 Å². The van der Waals surface area contributed by atoms with E-state index in [1.54, 1.807) is 39.8 Å². The van der Waals surface area contributed by atoms with Gasteiger partial charge in [-0.25, -0.2) is 8.42 Å². The van der Waals surface area contributed by atoms with Gasteiger partial charge in [0.25, 0.3) is 0 Å². The zero-order valence-corrected chi connectivity index (χ0v) is 20.1. The maximum atomic E-state index is 13.5. The van der Waals surface area contributed by atoms with Crippen molar-refractivity contribution in [1.29, 1.82) is 0 Å². The molecule has 6 nitrogen and oxygen atoms in total. The highest BCUT2D eigenvalue weighted by Crippen LogP contribution is 2.30. The molecule has 0 N–H and O–H groups in total. The van der Waals surface area contributed by atoms with Crippen LogP contribution >= 0.6 is 15.9 Å². The van der Waals surface area contributed by atoms with Crippen molar-refractivity contribution in [3.8, 4) is 5.75 Å². The van der Waals surface area contributed by atoms with E-state index in [-0.39, 0.29) is 23.7 Å². The summed E-state index contributed by atoms with van der Waals surface area (Å²) in [5.74, 6) is -0.360. The fourth-order valence-corrected chi connectivity index (χ4v) is 4.85. The first-order valence-electron chi connectivity index (χ1n) is 9.71. The van der Waals surface area contributed by atoms with Gasteiger partial charge in [-0.1, -0.05) is 46.3 Å². The fraction of sp³-hybridized carbons (Fsp3) is 0.409. The second-order valence-electron chi connectivity index (χ2n) is 7.68. The zero-order valence-electron chi connectivity index (χ0n) is 17.7. The highest BCUT2D eigenvalue weighted by molar-refractivity contribution is 9.10. The molecule has 0 amide bonds. The van der Waals surface area contributed by atoms with Crippen LogP contribution in [-0.4, -0.2) is 44.0 Å². The van der Waals surface area contributed by atoms with Crippen molar-refractivity contribution in [1.82, 2.24) is 4.31 Å². The summed E-state index contributed by atoms with van der Waals surface area (Å²) in [7, 11) is -4.02. The Hall–Kier alpha value is -1.90. The molecular weight excluding hydrogens is 470 g/mol. The van der Waals surface area contributed by atoms with Crippen molar-refractivity contribution in [3.05, 3.63) is 58.6 Å². The number of carbonyl (C=O) groups is 1. The second kappa shape index (κ2) is 10.4. The summed E-state index contributed by atoms with van der Waals surface area (Å²) in [6.07, 6.45) is 0.459. The Bertz CT molecular complexity index is 955. The molecule has 0 saturated carbocycles. The van der Waals surface area contributed by atoms with Crippen LogP contribution in [0.1, 0.15) is 33.3 Å². The maximum absolute atomic E-state index is 13.5. The van der Waals surface area contributed by atoms with Crippen LogP contribution in [0.15, 0.2) is 57.9 Å². The fourth-order valence-electron chi connectivity index (χ4n) is 2.80. The molecule has 2 aromatic carbocycles. The van der Waals surface area contributed by atoms with E-state index in [1.165, 1.54) is 6.07 Å². The minimum atomic E-state index is -4.02. The monoisotopic (exact) mass is 497 g/mol. The zero-order chi connectivity index (χ0) is 22.4. The Kier molecular flexibility index (Phi) is 8.46. The molecule has 2 aromatic rings. The molecule has 2 rings (SSSR count). The van der Waals surface area contributed by atoms with E-state index in [0.717, 1.165) is 9.87 Å². The molecule has 164 valence electrons. The van der Waals surface area contributed by atoms with Gasteiger partial charge < -0.3 is 9.47 Å². The van der Waals surface area contributed by atoms with E-state index in [2.05, 4.69) is 15.9 Å². The molecule has 0 unspecified atom stereocenters. The SMILES string of the molecule is CCOc1ccc(Br)cc1S(=O)(=O)N(CCc1ccccc1)CC(=O)OC(C)(C)C. The molecular formula is C22H28BrNO5S. The van der Waals surface area contributed by atoms with Crippen LogP contribution in [0, 0.1) is 0 Å². The van der Waals surface area contributed by atoms with E-state index in [9.17, 15) is 13.2 Å². The van der Waals surface area contributed by atoms with Gasteiger partial charge in [0.1, 0.15) is 22.8 Å². The third-order valence-corrected chi connectivity index (χ3v) is 6.40. The Morgan fingerprint density at radius 1 is 1.10 bits per heavy atom. The Morgan fingerprint density at radius 2 is 1.77 bits per heavy atom. The number of hydrogen-bond donors (Lipinski definition) is 0. The number of nitrogens with zero attached hydrogens (tertiary/aromatic N) is 1. The first-order chi connectivity index (χ1) is 14.0. The van der Waals surface area contributed by atoms with Crippen LogP contribution in [0.2, 0.25) is 0 Å². The van der Waals surface area contributed by atoms with Crippen LogP contribution in [0.3, 0.4) is 0 Å². The van der Waals surface area contributed by atoms with Crippen molar-refractivity contribution in [3.63, 3.8) is 0 Å². The number of halogens is 1. The topological polar surface area (TPSA) is 72.9 Å². The minimum absolute atomic E-state index is 0.00958. The molecule has 0 atom stereocenters. The van der Waals surface area contributed by atoms with Gasteiger partial charge in [-0.05, 0) is 57.9 Å². The molecule has 0 aliphatic carbocycles. The van der Waals surface area contributed by atoms with Gasteiger partial charge >= 0.3 is 5.97 Å². The predicted octanol–water partition coefficient (Wildman–Crippen LogP) is 4.42. The lowest BCUT2D eigenvalue weighted by Crippen LogP contribution is -2.40. The van der Waals surface area contributed by atoms with Crippen LogP contribution in [0.5, 0.6) is 5.75 Å². The predicted molar refractivity (Wildman–Crippen MR) is 120 cm³/mol. The summed E-state index contributed by atoms with van der Waals surface area (Å²) in [5, 5.41) is 0. The number of benzene rings is 2. The largest absolute Gasteiger partial charge is 0.492 e. The van der Waals surface area contributed by atoms with Gasteiger partial charge in [-0.15, -0.1) is 0 Å². The highest BCUT2D eigenvalue weighted by Gasteiger charge is 2.31. The lowest BCUT2D eigenvalue weighted by molar-refractivity contribution is -0.154. The van der Waals surface area contributed by atoms with Gasteiger partial charge in [-0.3, -0.25) is 4.79 Å². The number of esters is 1. The molecule has 0 radical (unpaired) electrons. The lowest BCUT2D eigenvalue weighted by atomic mass is 10.1. The van der Waals surface area contributed by atoms with Crippen molar-refractivity contribution in [2.75, 3.05) is 19.7 Å². The van der Waals surface area contributed by atoms with Crippen molar-refractivity contribution in [2.24, 2.45) is 0 Å². The average Bonchev–Trinajstić information content (AvgIpc) is 2.66. The first-order valence-corrected chi connectivity index (χ1v) is 11.9. The molecule has 0 aliphatic rings. The molecule has 0 bridgehead atoms. The Labute approximate surface area is 187 Å². The van der Waals surface area contributed by atoms with Crippen molar-refractivity contribution >= 4 is 31.9 Å². The van der Waals surface area contributed by atoms with E-state index in [4.69, 9.17) is 9.47 Å². The van der Waals surface area contributed by atoms with Crippen molar-refractivity contribution < 1.29 is 22.7 Å². The lowest BCUT2D eigenvalue weighted by Gasteiger charge is -2.25. The highest BCUT2D eigenvalue weighted by atomic mass is 79.9. The van der Waals surface area contributed by atoms with Gasteiger partial charge in [0.05, 0.1) is 6.61 Å². The summed E-state index contributed by atoms with van der Waals surface area (Å²) >= 11 is 3.33. The quantitative estimate of drug-likeness (QED) is 0.479. The molecule has 30 heavy (non-hydrogen) atoms. The van der Waals surface area contributed by atoms with Crippen LogP contribution in [0.4, 0.5) is 0 Å². The van der Waals surface area contributed by atoms with Gasteiger partial charge in [0, 0.05) is 11.0 Å². The second-order valence-corrected chi connectivity index (χ2v) is 10.5. The van der Waals surface area contributed by atoms with Crippen LogP contribution < -0.4 is 4.74 Å². The molecule has 0 heterocycles. The van der Waals surface area contributed by atoms with E-state index < -0.39 is 21.6 Å². The number of sulfonamides is 1. The number of carbonyl (C=O) groups excluding carboxylic acids is 1. The summed E-state index contributed by atoms with van der Waals surface area (Å²) in [6, 6.07) is 14.3. The summed E-state index contributed by atoms with van der Waals surface area (Å²) in [4.78, 5) is 12.5. The van der Waals surface area contributed by atoms with Gasteiger partial charge in [0.2, 0.25) is 10.0 Å². The van der Waals surface area contributed by atoms with E-state index in [0.29, 0.717) is 17.5 Å². The maximum Gasteiger partial charge on any atom is 0.321 e. The van der Waals surface area contributed by atoms with E-state index >= 15 is 0 Å². The Balaban J connectivity index is 2.38. The number of rotatable bonds is 9. The minimum Gasteiger partial charge on any atom is -0.492 e. The van der Waals surface area contributed by atoms with Crippen LogP contribution in [0.25, 0.3) is 0 Å². The Morgan fingerprint density at radius 3 is 2.37 bits per heavy atom. The average molecular weight is 498 g/mol. The van der Waals surface area contributed by atoms with Gasteiger partial charge in [-0.2, -0.15) is 4.31 Å². The normalized spacial score (nSPS) is 12.1. The van der Waals surface area contributed by atoms with E-state index in [1.807, 2.05) is 30.3 Å². The molecule has 8 heteroatoms. The summed E-state index contributed by atoms with van der Waals surface area (Å²) in [6.45, 7) is 7.08. The molecule has 0 aliphatic heterocycles. The van der Waals surface area contributed by atoms with Crippen LogP contribution in [-0.2, 0) is 26.0 Å². The third kappa shape index (κ3) is 7.11. The summed E-state index contributed by atoms with van der Waals surface area (Å²) < 4.78 is 39.7. The molecule has 0 aromatic heterocycles. The smallest absolute Gasteiger partial charge is 0.321 e. The molecule has 0 spiro atoms. The van der Waals surface area contributed by atoms with Crippen molar-refractivity contribution in [2.45, 2.75) is 44.6 Å². The number of hydrogen-bond acceptors (Lipinski definition) is 5. The first kappa shape index (κ1) is 24.4. The standard InChI is InChI=1S/C22H28BrNO5S/c1-5-28-19-12-11-18(23)15-20(19)30(26,27)24(16-21(25)29-22(2,3)4)14-13-17-9-7-6-8-10-17/h6-12,15H,5,13-14,16H2,1-4H3. The summed E-state index contributed by atoms with van der Waals surface area (Å²) in [5.41, 5.74) is 0.263.